The molecule has 28 heavy (non-hydrogen) atoms. The number of hydrogen-bond donors (Lipinski definition) is 2. The van der Waals surface area contributed by atoms with Crippen LogP contribution in [-0.2, 0) is 16.1 Å². The summed E-state index contributed by atoms with van der Waals surface area (Å²) in [6.07, 6.45) is 2.54. The second-order valence-electron chi connectivity index (χ2n) is 6.71. The third kappa shape index (κ3) is 5.39. The average Bonchev–Trinajstić information content (AvgIpc) is 2.69. The zero-order valence-corrected chi connectivity index (χ0v) is 15.4. The smallest absolute Gasteiger partial charge is 0.251 e. The van der Waals surface area contributed by atoms with Gasteiger partial charge in [-0.05, 0) is 54.8 Å². The second-order valence-corrected chi connectivity index (χ2v) is 6.71. The predicted octanol–water partition coefficient (Wildman–Crippen LogP) is 2.71. The Bertz CT molecular complexity index is 867. The van der Waals surface area contributed by atoms with Crippen molar-refractivity contribution in [1.29, 1.82) is 0 Å². The van der Waals surface area contributed by atoms with Crippen molar-refractivity contribution in [2.24, 2.45) is 0 Å². The topological polar surface area (TPSA) is 78.5 Å². The van der Waals surface area contributed by atoms with Crippen molar-refractivity contribution >= 4 is 23.4 Å². The molecule has 0 atom stereocenters. The van der Waals surface area contributed by atoms with E-state index in [9.17, 15) is 18.8 Å². The number of anilines is 1. The Balaban J connectivity index is 1.51. The number of piperidine rings is 1. The molecule has 0 radical (unpaired) electrons. The number of likely N-dealkylation sites (tertiary alicyclic amines) is 1. The molecule has 1 aliphatic heterocycles. The first-order chi connectivity index (χ1) is 13.5. The van der Waals surface area contributed by atoms with Crippen LogP contribution < -0.4 is 10.6 Å². The number of carbonyl (C=O) groups is 3. The molecule has 2 aromatic carbocycles. The summed E-state index contributed by atoms with van der Waals surface area (Å²) in [5.74, 6) is -1.10. The van der Waals surface area contributed by atoms with Crippen LogP contribution in [0.15, 0.2) is 48.5 Å². The van der Waals surface area contributed by atoms with Gasteiger partial charge in [-0.3, -0.25) is 14.4 Å². The Morgan fingerprint density at radius 1 is 1.07 bits per heavy atom. The Hall–Kier alpha value is -3.22. The van der Waals surface area contributed by atoms with Crippen LogP contribution in [0.5, 0.6) is 0 Å². The zero-order chi connectivity index (χ0) is 19.9. The molecule has 1 saturated heterocycles. The highest BCUT2D eigenvalue weighted by molar-refractivity contribution is 5.99. The van der Waals surface area contributed by atoms with Gasteiger partial charge in [-0.25, -0.2) is 4.39 Å². The molecule has 0 saturated carbocycles. The van der Waals surface area contributed by atoms with Crippen molar-refractivity contribution in [1.82, 2.24) is 10.2 Å². The fraction of sp³-hybridized carbons (Fsp3) is 0.286. The summed E-state index contributed by atoms with van der Waals surface area (Å²) in [6.45, 7) is 1.07. The van der Waals surface area contributed by atoms with Crippen molar-refractivity contribution in [3.05, 3.63) is 65.5 Å². The Morgan fingerprint density at radius 2 is 1.86 bits per heavy atom. The lowest BCUT2D eigenvalue weighted by molar-refractivity contribution is -0.133. The largest absolute Gasteiger partial charge is 0.343 e. The maximum Gasteiger partial charge on any atom is 0.251 e. The van der Waals surface area contributed by atoms with Gasteiger partial charge in [-0.15, -0.1) is 0 Å². The van der Waals surface area contributed by atoms with Crippen LogP contribution >= 0.6 is 0 Å². The van der Waals surface area contributed by atoms with Gasteiger partial charge in [0.15, 0.2) is 0 Å². The minimum atomic E-state index is -0.451. The molecular formula is C21H22FN3O3. The summed E-state index contributed by atoms with van der Waals surface area (Å²) in [5.41, 5.74) is 1.81. The highest BCUT2D eigenvalue weighted by atomic mass is 19.1. The molecule has 0 bridgehead atoms. The first-order valence-electron chi connectivity index (χ1n) is 9.21. The number of rotatable bonds is 6. The van der Waals surface area contributed by atoms with Crippen molar-refractivity contribution in [3.8, 4) is 0 Å². The molecule has 0 spiro atoms. The third-order valence-corrected chi connectivity index (χ3v) is 4.52. The number of amides is 3. The van der Waals surface area contributed by atoms with Crippen LogP contribution in [0.25, 0.3) is 0 Å². The zero-order valence-electron chi connectivity index (χ0n) is 15.4. The van der Waals surface area contributed by atoms with E-state index in [0.717, 1.165) is 24.9 Å². The van der Waals surface area contributed by atoms with Crippen molar-refractivity contribution in [2.75, 3.05) is 18.4 Å². The summed E-state index contributed by atoms with van der Waals surface area (Å²) in [6, 6.07) is 12.4. The number of benzene rings is 2. The molecule has 0 aromatic heterocycles. The maximum absolute atomic E-state index is 12.9. The maximum atomic E-state index is 12.9. The van der Waals surface area contributed by atoms with E-state index in [0.29, 0.717) is 18.7 Å². The number of carbonyl (C=O) groups excluding carboxylic acids is 3. The van der Waals surface area contributed by atoms with Crippen LogP contribution in [0.3, 0.4) is 0 Å². The first kappa shape index (κ1) is 19.5. The molecular weight excluding hydrogens is 361 g/mol. The van der Waals surface area contributed by atoms with Gasteiger partial charge >= 0.3 is 0 Å². The van der Waals surface area contributed by atoms with E-state index in [1.165, 1.54) is 24.3 Å². The molecule has 1 heterocycles. The predicted molar refractivity (Wildman–Crippen MR) is 103 cm³/mol. The van der Waals surface area contributed by atoms with Crippen LogP contribution in [0.2, 0.25) is 0 Å². The van der Waals surface area contributed by atoms with Crippen LogP contribution in [0, 0.1) is 5.82 Å². The Morgan fingerprint density at radius 3 is 2.61 bits per heavy atom. The first-order valence-corrected chi connectivity index (χ1v) is 9.21. The van der Waals surface area contributed by atoms with Gasteiger partial charge in [0.1, 0.15) is 5.82 Å². The van der Waals surface area contributed by atoms with Crippen molar-refractivity contribution in [3.63, 3.8) is 0 Å². The minimum Gasteiger partial charge on any atom is -0.343 e. The van der Waals surface area contributed by atoms with Gasteiger partial charge in [-0.1, -0.05) is 12.1 Å². The summed E-state index contributed by atoms with van der Waals surface area (Å²) in [4.78, 5) is 37.8. The molecule has 6 nitrogen and oxygen atoms in total. The van der Waals surface area contributed by atoms with Crippen LogP contribution in [-0.4, -0.2) is 35.7 Å². The van der Waals surface area contributed by atoms with E-state index in [1.807, 2.05) is 23.1 Å². The lowest BCUT2D eigenvalue weighted by Gasteiger charge is -2.26. The van der Waals surface area contributed by atoms with Gasteiger partial charge in [0, 0.05) is 30.8 Å². The van der Waals surface area contributed by atoms with Gasteiger partial charge in [0.2, 0.25) is 11.8 Å². The molecule has 1 aliphatic rings. The lowest BCUT2D eigenvalue weighted by atomic mass is 10.1. The summed E-state index contributed by atoms with van der Waals surface area (Å²) in [7, 11) is 0. The summed E-state index contributed by atoms with van der Waals surface area (Å²) >= 11 is 0. The summed E-state index contributed by atoms with van der Waals surface area (Å²) in [5, 5.41) is 5.23. The minimum absolute atomic E-state index is 0.157. The highest BCUT2D eigenvalue weighted by Crippen LogP contribution is 2.17. The second kappa shape index (κ2) is 9.12. The monoisotopic (exact) mass is 383 g/mol. The van der Waals surface area contributed by atoms with Gasteiger partial charge < -0.3 is 15.5 Å². The molecule has 7 heteroatoms. The molecule has 146 valence electrons. The number of nitrogens with zero attached hydrogens (tertiary/aromatic N) is 1. The molecule has 0 aliphatic carbocycles. The highest BCUT2D eigenvalue weighted by Gasteiger charge is 2.18. The Kier molecular flexibility index (Phi) is 6.37. The SMILES string of the molecule is O=C(CNC(=O)c1ccc(F)cc1)Nc1cccc(CN2CCCCC2=O)c1. The van der Waals surface area contributed by atoms with Crippen LogP contribution in [0.4, 0.5) is 10.1 Å². The fourth-order valence-electron chi connectivity index (χ4n) is 3.07. The van der Waals surface area contributed by atoms with Gasteiger partial charge in [0.25, 0.3) is 5.91 Å². The number of halogens is 1. The molecule has 1 fully saturated rings. The number of hydrogen-bond acceptors (Lipinski definition) is 3. The number of nitrogens with one attached hydrogen (secondary N) is 2. The van der Waals surface area contributed by atoms with E-state index in [1.54, 1.807) is 6.07 Å². The molecule has 3 rings (SSSR count). The third-order valence-electron chi connectivity index (χ3n) is 4.52. The quantitative estimate of drug-likeness (QED) is 0.805. The molecule has 0 unspecified atom stereocenters. The molecule has 3 amide bonds. The van der Waals surface area contributed by atoms with E-state index in [2.05, 4.69) is 10.6 Å². The lowest BCUT2D eigenvalue weighted by Crippen LogP contribution is -2.34. The van der Waals surface area contributed by atoms with Crippen LogP contribution in [0.1, 0.15) is 35.2 Å². The molecule has 2 N–H and O–H groups in total. The van der Waals surface area contributed by atoms with E-state index in [-0.39, 0.29) is 23.9 Å². The fourth-order valence-corrected chi connectivity index (χ4v) is 3.07. The van der Waals surface area contributed by atoms with E-state index in [4.69, 9.17) is 0 Å². The van der Waals surface area contributed by atoms with E-state index < -0.39 is 11.7 Å². The van der Waals surface area contributed by atoms with Crippen molar-refractivity contribution in [2.45, 2.75) is 25.8 Å². The standard InChI is InChI=1S/C21H22FN3O3/c22-17-9-7-16(8-10-17)21(28)23-13-19(26)24-18-5-3-4-15(12-18)14-25-11-2-1-6-20(25)27/h3-5,7-10,12H,1-2,6,11,13-14H2,(H,23,28)(H,24,26). The van der Waals surface area contributed by atoms with Crippen molar-refractivity contribution < 1.29 is 18.8 Å². The Labute approximate surface area is 162 Å². The van der Waals surface area contributed by atoms with Gasteiger partial charge in [0.05, 0.1) is 6.54 Å². The normalized spacial score (nSPS) is 13.9. The van der Waals surface area contributed by atoms with Gasteiger partial charge in [-0.2, -0.15) is 0 Å². The molecule has 2 aromatic rings. The summed E-state index contributed by atoms with van der Waals surface area (Å²) < 4.78 is 12.9. The average molecular weight is 383 g/mol. The van der Waals surface area contributed by atoms with E-state index >= 15 is 0 Å².